The molecule has 0 spiro atoms. The van der Waals surface area contributed by atoms with E-state index >= 15 is 0 Å². The van der Waals surface area contributed by atoms with Crippen molar-refractivity contribution in [2.45, 2.75) is 39.0 Å². The molecule has 2 aromatic rings. The van der Waals surface area contributed by atoms with Crippen LogP contribution in [-0.4, -0.2) is 42.2 Å². The van der Waals surface area contributed by atoms with E-state index in [1.54, 1.807) is 0 Å². The minimum absolute atomic E-state index is 0.0329. The van der Waals surface area contributed by atoms with Gasteiger partial charge in [-0.1, -0.05) is 29.8 Å². The summed E-state index contributed by atoms with van der Waals surface area (Å²) in [6.45, 7) is 4.75. The van der Waals surface area contributed by atoms with E-state index in [2.05, 4.69) is 10.6 Å². The molecule has 1 heterocycles. The second-order valence-corrected chi connectivity index (χ2v) is 6.95. The summed E-state index contributed by atoms with van der Waals surface area (Å²) in [4.78, 5) is 37.6. The molecule has 7 nitrogen and oxygen atoms in total. The highest BCUT2D eigenvalue weighted by Gasteiger charge is 2.39. The highest BCUT2D eigenvalue weighted by molar-refractivity contribution is 5.99. The van der Waals surface area contributed by atoms with Gasteiger partial charge in [-0.2, -0.15) is 0 Å². The van der Waals surface area contributed by atoms with Crippen LogP contribution in [0.5, 0.6) is 0 Å². The number of benzene rings is 1. The lowest BCUT2D eigenvalue weighted by atomic mass is 10.1. The highest BCUT2D eigenvalue weighted by atomic mass is 16.5. The summed E-state index contributed by atoms with van der Waals surface area (Å²) >= 11 is 0. The van der Waals surface area contributed by atoms with E-state index in [9.17, 15) is 14.4 Å². The molecular formula is C21H25N3O4. The van der Waals surface area contributed by atoms with Crippen molar-refractivity contribution < 1.29 is 14.3 Å². The Kier molecular flexibility index (Phi) is 5.94. The molecule has 28 heavy (non-hydrogen) atoms. The van der Waals surface area contributed by atoms with Gasteiger partial charge in [0, 0.05) is 19.9 Å². The second-order valence-electron chi connectivity index (χ2n) is 6.95. The first-order valence-electron chi connectivity index (χ1n) is 9.37. The molecule has 3 rings (SSSR count). The predicted octanol–water partition coefficient (Wildman–Crippen LogP) is 1.47. The zero-order valence-corrected chi connectivity index (χ0v) is 16.3. The molecule has 0 radical (unpaired) electrons. The molecule has 0 bridgehead atoms. The lowest BCUT2D eigenvalue weighted by Crippen LogP contribution is -2.35. The fourth-order valence-corrected chi connectivity index (χ4v) is 3.16. The molecule has 0 aliphatic heterocycles. The number of hydrogen-bond donors (Lipinski definition) is 2. The normalized spacial score (nSPS) is 17.8. The summed E-state index contributed by atoms with van der Waals surface area (Å²) in [7, 11) is 1.45. The number of nitrogens with zero attached hydrogens (tertiary/aromatic N) is 1. The average Bonchev–Trinajstić information content (AvgIpc) is 3.40. The van der Waals surface area contributed by atoms with Crippen LogP contribution in [0.15, 0.2) is 41.3 Å². The van der Waals surface area contributed by atoms with Gasteiger partial charge in [-0.3, -0.25) is 14.4 Å². The van der Waals surface area contributed by atoms with Crippen LogP contribution in [0.2, 0.25) is 0 Å². The van der Waals surface area contributed by atoms with Gasteiger partial charge < -0.3 is 19.9 Å². The van der Waals surface area contributed by atoms with Crippen molar-refractivity contribution in [1.82, 2.24) is 15.2 Å². The summed E-state index contributed by atoms with van der Waals surface area (Å²) in [5.41, 5.74) is 1.77. The first kappa shape index (κ1) is 19.8. The summed E-state index contributed by atoms with van der Waals surface area (Å²) in [5, 5.41) is 5.36. The standard InChI is InChI=1S/C21H25N3O4/c1-4-28-18-10-17(18)23-19(25)15-9-16(20(26)22-3)21(27)24(12-15)11-14-7-5-6-13(2)8-14/h5-9,12,17-18H,4,10-11H2,1-3H3,(H,22,26)(H,23,25). The van der Waals surface area contributed by atoms with E-state index in [1.165, 1.54) is 23.9 Å². The Morgan fingerprint density at radius 3 is 2.71 bits per heavy atom. The molecule has 1 fully saturated rings. The number of carbonyl (C=O) groups is 2. The molecule has 7 heteroatoms. The largest absolute Gasteiger partial charge is 0.376 e. The van der Waals surface area contributed by atoms with E-state index in [0.29, 0.717) is 6.61 Å². The van der Waals surface area contributed by atoms with Crippen molar-refractivity contribution in [2.24, 2.45) is 0 Å². The average molecular weight is 383 g/mol. The number of nitrogens with one attached hydrogen (secondary N) is 2. The third-order valence-electron chi connectivity index (χ3n) is 4.68. The Morgan fingerprint density at radius 1 is 1.25 bits per heavy atom. The number of aryl methyl sites for hydroxylation is 1. The van der Waals surface area contributed by atoms with Crippen LogP contribution in [-0.2, 0) is 11.3 Å². The van der Waals surface area contributed by atoms with E-state index in [-0.39, 0.29) is 35.7 Å². The molecule has 148 valence electrons. The number of pyridine rings is 1. The van der Waals surface area contributed by atoms with Crippen LogP contribution in [0, 0.1) is 6.92 Å². The van der Waals surface area contributed by atoms with Gasteiger partial charge in [0.25, 0.3) is 17.4 Å². The number of amides is 2. The maximum Gasteiger partial charge on any atom is 0.263 e. The molecule has 1 aromatic carbocycles. The van der Waals surface area contributed by atoms with Gasteiger partial charge in [-0.15, -0.1) is 0 Å². The Hall–Kier alpha value is -2.93. The maximum atomic E-state index is 12.8. The van der Waals surface area contributed by atoms with Crippen LogP contribution in [0.4, 0.5) is 0 Å². The van der Waals surface area contributed by atoms with Gasteiger partial charge in [-0.25, -0.2) is 0 Å². The molecule has 2 N–H and O–H groups in total. The summed E-state index contributed by atoms with van der Waals surface area (Å²) < 4.78 is 6.88. The number of rotatable bonds is 7. The van der Waals surface area contributed by atoms with Gasteiger partial charge in [0.2, 0.25) is 0 Å². The van der Waals surface area contributed by atoms with Gasteiger partial charge in [-0.05, 0) is 31.9 Å². The van der Waals surface area contributed by atoms with Crippen LogP contribution in [0.25, 0.3) is 0 Å². The maximum absolute atomic E-state index is 12.8. The predicted molar refractivity (Wildman–Crippen MR) is 106 cm³/mol. The Balaban J connectivity index is 1.90. The molecule has 0 saturated heterocycles. The number of ether oxygens (including phenoxy) is 1. The van der Waals surface area contributed by atoms with Crippen LogP contribution < -0.4 is 16.2 Å². The van der Waals surface area contributed by atoms with E-state index < -0.39 is 11.5 Å². The fraction of sp³-hybridized carbons (Fsp3) is 0.381. The minimum Gasteiger partial charge on any atom is -0.376 e. The van der Waals surface area contributed by atoms with Crippen molar-refractivity contribution in [2.75, 3.05) is 13.7 Å². The highest BCUT2D eigenvalue weighted by Crippen LogP contribution is 2.25. The third-order valence-corrected chi connectivity index (χ3v) is 4.68. The van der Waals surface area contributed by atoms with Crippen molar-refractivity contribution in [3.05, 3.63) is 69.1 Å². The number of hydrogen-bond acceptors (Lipinski definition) is 4. The molecule has 2 amide bonds. The topological polar surface area (TPSA) is 89.4 Å². The summed E-state index contributed by atoms with van der Waals surface area (Å²) in [6, 6.07) is 9.07. The molecule has 1 aliphatic rings. The zero-order chi connectivity index (χ0) is 20.3. The summed E-state index contributed by atoms with van der Waals surface area (Å²) in [6.07, 6.45) is 2.31. The van der Waals surface area contributed by atoms with Gasteiger partial charge >= 0.3 is 0 Å². The monoisotopic (exact) mass is 383 g/mol. The second kappa shape index (κ2) is 8.39. The number of aromatic nitrogens is 1. The van der Waals surface area contributed by atoms with Crippen molar-refractivity contribution in [3.8, 4) is 0 Å². The SMILES string of the molecule is CCOC1CC1NC(=O)c1cc(C(=O)NC)c(=O)n(Cc2cccc(C)c2)c1. The minimum atomic E-state index is -0.517. The van der Waals surface area contributed by atoms with E-state index in [0.717, 1.165) is 17.5 Å². The van der Waals surface area contributed by atoms with Crippen LogP contribution >= 0.6 is 0 Å². The van der Waals surface area contributed by atoms with Gasteiger partial charge in [0.15, 0.2) is 0 Å². The van der Waals surface area contributed by atoms with E-state index in [1.807, 2.05) is 38.1 Å². The van der Waals surface area contributed by atoms with Crippen molar-refractivity contribution >= 4 is 11.8 Å². The number of carbonyl (C=O) groups excluding carboxylic acids is 2. The van der Waals surface area contributed by atoms with Crippen LogP contribution in [0.1, 0.15) is 45.2 Å². The molecule has 2 atom stereocenters. The molecule has 1 saturated carbocycles. The van der Waals surface area contributed by atoms with Crippen molar-refractivity contribution in [1.29, 1.82) is 0 Å². The lowest BCUT2D eigenvalue weighted by molar-refractivity contribution is 0.0914. The fourth-order valence-electron chi connectivity index (χ4n) is 3.16. The smallest absolute Gasteiger partial charge is 0.263 e. The van der Waals surface area contributed by atoms with Crippen LogP contribution in [0.3, 0.4) is 0 Å². The summed E-state index contributed by atoms with van der Waals surface area (Å²) in [5.74, 6) is -0.841. The van der Waals surface area contributed by atoms with Crippen molar-refractivity contribution in [3.63, 3.8) is 0 Å². The first-order chi connectivity index (χ1) is 13.4. The quantitative estimate of drug-likeness (QED) is 0.758. The Labute approximate surface area is 163 Å². The molecule has 1 aliphatic carbocycles. The van der Waals surface area contributed by atoms with Gasteiger partial charge in [0.1, 0.15) is 5.56 Å². The lowest BCUT2D eigenvalue weighted by Gasteiger charge is -2.12. The molecule has 1 aromatic heterocycles. The Morgan fingerprint density at radius 2 is 2.04 bits per heavy atom. The first-order valence-corrected chi connectivity index (χ1v) is 9.37. The zero-order valence-electron chi connectivity index (χ0n) is 16.3. The molecule has 2 unspecified atom stereocenters. The third kappa shape index (κ3) is 4.48. The molecular weight excluding hydrogens is 358 g/mol. The van der Waals surface area contributed by atoms with E-state index in [4.69, 9.17) is 4.74 Å². The van der Waals surface area contributed by atoms with Gasteiger partial charge in [0.05, 0.1) is 24.3 Å². The Bertz CT molecular complexity index is 951.